The molecule has 0 radical (unpaired) electrons. The smallest absolute Gasteiger partial charge is 0.410 e. The SMILES string of the molecule is C=CCOc1ccc2c(c1)C1C(CCCCO)C(CCCCO)C=C3C(=NOC4CCCCO4)CC(N(CCC)C(=O)OCC)C(OCC=C)(O2)C31. The first-order valence-corrected chi connectivity index (χ1v) is 19.5. The standard InChI is InChI=1S/C41H60N2O9/c1-5-20-43(40(46)47-8-4)36-28-34(42-52-37-17-11-14-25-49-37)32-26-29(15-9-12-21-44)31(16-10-13-22-45)38-33-27-30(48-23-6-2)18-19-35(33)51-41(36,39(32)38)50-24-7-3/h6-7,18-19,26-27,29,31,36-39,44-45H,2-3,5,8-17,20-25,28H2,1,4H3. The monoisotopic (exact) mass is 724 g/mol. The number of hydrogen-bond acceptors (Lipinski definition) is 10. The number of oxime groups is 1. The van der Waals surface area contributed by atoms with Crippen molar-refractivity contribution in [1.82, 2.24) is 4.90 Å². The zero-order valence-electron chi connectivity index (χ0n) is 31.2. The Morgan fingerprint density at radius 1 is 1.08 bits per heavy atom. The second-order valence-electron chi connectivity index (χ2n) is 14.2. The van der Waals surface area contributed by atoms with Crippen molar-refractivity contribution in [2.45, 2.75) is 109 Å². The number of hydrogen-bond donors (Lipinski definition) is 2. The molecule has 52 heavy (non-hydrogen) atoms. The Morgan fingerprint density at radius 2 is 1.87 bits per heavy atom. The Kier molecular flexibility index (Phi) is 15.0. The largest absolute Gasteiger partial charge is 0.490 e. The van der Waals surface area contributed by atoms with Gasteiger partial charge in [0, 0.05) is 44.1 Å². The second-order valence-corrected chi connectivity index (χ2v) is 14.2. The first-order chi connectivity index (χ1) is 25.5. The normalized spacial score (nSPS) is 28.5. The molecule has 2 N–H and O–H groups in total. The first kappa shape index (κ1) is 39.8. The van der Waals surface area contributed by atoms with Crippen LogP contribution in [0.4, 0.5) is 4.79 Å². The van der Waals surface area contributed by atoms with E-state index in [9.17, 15) is 15.0 Å². The van der Waals surface area contributed by atoms with Crippen LogP contribution in [0.15, 0.2) is 60.3 Å². The average molecular weight is 725 g/mol. The quantitative estimate of drug-likeness (QED) is 0.0810. The van der Waals surface area contributed by atoms with Gasteiger partial charge in [0.1, 0.15) is 24.1 Å². The highest BCUT2D eigenvalue weighted by molar-refractivity contribution is 6.03. The minimum Gasteiger partial charge on any atom is -0.490 e. The van der Waals surface area contributed by atoms with Gasteiger partial charge in [-0.25, -0.2) is 4.79 Å². The fourth-order valence-corrected chi connectivity index (χ4v) is 8.63. The zero-order valence-corrected chi connectivity index (χ0v) is 31.2. The molecule has 1 amide bonds. The van der Waals surface area contributed by atoms with E-state index in [0.29, 0.717) is 56.9 Å². The van der Waals surface area contributed by atoms with Crippen LogP contribution in [0.25, 0.3) is 0 Å². The van der Waals surface area contributed by atoms with Gasteiger partial charge in [-0.3, -0.25) is 4.90 Å². The van der Waals surface area contributed by atoms with E-state index in [-0.39, 0.29) is 44.2 Å². The molecule has 288 valence electrons. The molecule has 1 saturated heterocycles. The number of fused-ring (bicyclic) bond motifs is 2. The van der Waals surface area contributed by atoms with Crippen molar-refractivity contribution in [2.24, 2.45) is 22.9 Å². The van der Waals surface area contributed by atoms with E-state index in [4.69, 9.17) is 33.7 Å². The molecule has 0 aromatic heterocycles. The van der Waals surface area contributed by atoms with Gasteiger partial charge in [0.2, 0.25) is 12.1 Å². The van der Waals surface area contributed by atoms with Crippen molar-refractivity contribution in [1.29, 1.82) is 0 Å². The van der Waals surface area contributed by atoms with E-state index in [1.165, 1.54) is 0 Å². The Hall–Kier alpha value is -3.38. The van der Waals surface area contributed by atoms with E-state index in [1.54, 1.807) is 17.1 Å². The van der Waals surface area contributed by atoms with Gasteiger partial charge in [0.25, 0.3) is 0 Å². The van der Waals surface area contributed by atoms with Gasteiger partial charge in [0.15, 0.2) is 0 Å². The summed E-state index contributed by atoms with van der Waals surface area (Å²) in [6.07, 6.45) is 13.5. The van der Waals surface area contributed by atoms with Gasteiger partial charge >= 0.3 is 6.09 Å². The molecule has 1 saturated carbocycles. The van der Waals surface area contributed by atoms with Crippen LogP contribution in [0.2, 0.25) is 0 Å². The number of rotatable bonds is 20. The van der Waals surface area contributed by atoms with Crippen LogP contribution >= 0.6 is 0 Å². The lowest BCUT2D eigenvalue weighted by Crippen LogP contribution is -2.70. The zero-order chi connectivity index (χ0) is 36.9. The number of allylic oxidation sites excluding steroid dienone is 1. The van der Waals surface area contributed by atoms with E-state index < -0.39 is 30.1 Å². The van der Waals surface area contributed by atoms with Crippen molar-refractivity contribution in [3.05, 3.63) is 60.7 Å². The highest BCUT2D eigenvalue weighted by atomic mass is 16.8. The Balaban J connectivity index is 1.76. The maximum Gasteiger partial charge on any atom is 0.410 e. The summed E-state index contributed by atoms with van der Waals surface area (Å²) in [4.78, 5) is 21.8. The molecule has 2 heterocycles. The Labute approximate surface area is 309 Å². The lowest BCUT2D eigenvalue weighted by molar-refractivity contribution is -0.255. The molecule has 0 bridgehead atoms. The highest BCUT2D eigenvalue weighted by Crippen LogP contribution is 2.62. The predicted octanol–water partition coefficient (Wildman–Crippen LogP) is 7.28. The maximum atomic E-state index is 13.9. The fraction of sp³-hybridized carbons (Fsp3) is 0.659. The molecule has 5 rings (SSSR count). The number of carbonyl (C=O) groups is 1. The van der Waals surface area contributed by atoms with Gasteiger partial charge in [-0.05, 0) is 87.5 Å². The first-order valence-electron chi connectivity index (χ1n) is 19.5. The number of aliphatic hydroxyl groups excluding tert-OH is 2. The second kappa shape index (κ2) is 19.6. The molecule has 2 aliphatic heterocycles. The van der Waals surface area contributed by atoms with Crippen molar-refractivity contribution in [3.8, 4) is 11.5 Å². The van der Waals surface area contributed by atoms with E-state index >= 15 is 0 Å². The summed E-state index contributed by atoms with van der Waals surface area (Å²) in [5.41, 5.74) is 2.73. The molecule has 1 aromatic rings. The van der Waals surface area contributed by atoms with Crippen molar-refractivity contribution in [3.63, 3.8) is 0 Å². The molecular weight excluding hydrogens is 664 g/mol. The molecule has 2 aliphatic carbocycles. The van der Waals surface area contributed by atoms with Gasteiger partial charge in [0.05, 0.1) is 31.5 Å². The maximum absolute atomic E-state index is 13.9. The van der Waals surface area contributed by atoms with Crippen LogP contribution in [-0.4, -0.2) is 91.2 Å². The van der Waals surface area contributed by atoms with Gasteiger partial charge in [-0.1, -0.05) is 49.7 Å². The van der Waals surface area contributed by atoms with Crippen molar-refractivity contribution >= 4 is 11.8 Å². The van der Waals surface area contributed by atoms with Crippen LogP contribution in [0, 0.1) is 17.8 Å². The molecule has 0 spiro atoms. The summed E-state index contributed by atoms with van der Waals surface area (Å²) in [5, 5.41) is 24.5. The van der Waals surface area contributed by atoms with Crippen LogP contribution in [0.3, 0.4) is 0 Å². The highest BCUT2D eigenvalue weighted by Gasteiger charge is 2.65. The minimum absolute atomic E-state index is 0.118. The van der Waals surface area contributed by atoms with Crippen LogP contribution in [-0.2, 0) is 19.0 Å². The number of benzene rings is 1. The molecule has 1 aromatic carbocycles. The third-order valence-corrected chi connectivity index (χ3v) is 10.8. The molecule has 11 heteroatoms. The topological polar surface area (TPSA) is 129 Å². The minimum atomic E-state index is -1.32. The molecule has 7 atom stereocenters. The third kappa shape index (κ3) is 8.86. The molecular formula is C41H60N2O9. The third-order valence-electron chi connectivity index (χ3n) is 10.8. The molecule has 11 nitrogen and oxygen atoms in total. The fourth-order valence-electron chi connectivity index (χ4n) is 8.63. The van der Waals surface area contributed by atoms with Gasteiger partial charge in [-0.15, -0.1) is 6.58 Å². The molecule has 4 aliphatic rings. The Morgan fingerprint density at radius 3 is 2.56 bits per heavy atom. The number of ether oxygens (including phenoxy) is 5. The summed E-state index contributed by atoms with van der Waals surface area (Å²) in [6, 6.07) is 5.31. The number of aliphatic hydroxyl groups is 2. The van der Waals surface area contributed by atoms with Gasteiger partial charge < -0.3 is 38.7 Å². The van der Waals surface area contributed by atoms with Crippen LogP contribution in [0.1, 0.15) is 96.0 Å². The van der Waals surface area contributed by atoms with Crippen molar-refractivity contribution in [2.75, 3.05) is 46.2 Å². The number of nitrogens with zero attached hydrogens (tertiary/aromatic N) is 2. The number of unbranched alkanes of at least 4 members (excludes halogenated alkanes) is 2. The van der Waals surface area contributed by atoms with E-state index in [0.717, 1.165) is 61.8 Å². The van der Waals surface area contributed by atoms with Crippen LogP contribution < -0.4 is 9.47 Å². The summed E-state index contributed by atoms with van der Waals surface area (Å²) >= 11 is 0. The summed E-state index contributed by atoms with van der Waals surface area (Å²) in [7, 11) is 0. The van der Waals surface area contributed by atoms with E-state index in [1.807, 2.05) is 26.0 Å². The van der Waals surface area contributed by atoms with Crippen LogP contribution in [0.5, 0.6) is 11.5 Å². The van der Waals surface area contributed by atoms with Gasteiger partial charge in [-0.2, -0.15) is 0 Å². The van der Waals surface area contributed by atoms with Crippen molar-refractivity contribution < 1.29 is 43.5 Å². The average Bonchev–Trinajstić information content (AvgIpc) is 3.16. The van der Waals surface area contributed by atoms with E-state index in [2.05, 4.69) is 25.3 Å². The molecule has 7 unspecified atom stereocenters. The lowest BCUT2D eigenvalue weighted by atomic mass is 9.55. The lowest BCUT2D eigenvalue weighted by Gasteiger charge is -2.60. The summed E-state index contributed by atoms with van der Waals surface area (Å²) < 4.78 is 31.9. The number of amides is 1. The number of carbonyl (C=O) groups excluding carboxylic acids is 1. The summed E-state index contributed by atoms with van der Waals surface area (Å²) in [6.45, 7) is 13.8. The molecule has 2 fully saturated rings. The predicted molar refractivity (Wildman–Crippen MR) is 199 cm³/mol. The summed E-state index contributed by atoms with van der Waals surface area (Å²) in [5.74, 6) is -0.222. The Bertz CT molecular complexity index is 1390.